The number of aliphatic hydroxyl groups is 2. The summed E-state index contributed by atoms with van der Waals surface area (Å²) < 4.78 is 17.2. The van der Waals surface area contributed by atoms with Crippen molar-refractivity contribution >= 4 is 0 Å². The van der Waals surface area contributed by atoms with Crippen LogP contribution in [0, 0.1) is 0 Å². The third-order valence-electron chi connectivity index (χ3n) is 3.11. The summed E-state index contributed by atoms with van der Waals surface area (Å²) in [6.07, 6.45) is -1.56. The second-order valence-electron chi connectivity index (χ2n) is 4.13. The van der Waals surface area contributed by atoms with Crippen LogP contribution in [0.2, 0.25) is 0 Å². The molecule has 4 atom stereocenters. The first-order valence-corrected chi connectivity index (χ1v) is 5.44. The van der Waals surface area contributed by atoms with Crippen molar-refractivity contribution in [2.24, 2.45) is 0 Å². The van der Waals surface area contributed by atoms with Crippen LogP contribution < -0.4 is 15.0 Å². The summed E-state index contributed by atoms with van der Waals surface area (Å²) in [5, 5.41) is 18.9. The molecule has 0 saturated carbocycles. The van der Waals surface area contributed by atoms with Gasteiger partial charge in [-0.25, -0.2) is 0 Å². The Morgan fingerprint density at radius 3 is 3.06 bits per heavy atom. The van der Waals surface area contributed by atoms with Gasteiger partial charge in [0, 0.05) is 0 Å². The van der Waals surface area contributed by atoms with Gasteiger partial charge in [0.1, 0.15) is 12.2 Å². The predicted molar refractivity (Wildman–Crippen MR) is 56.5 cm³/mol. The Morgan fingerprint density at radius 1 is 1.61 bits per heavy atom. The van der Waals surface area contributed by atoms with Crippen LogP contribution in [0.25, 0.3) is 0 Å². The van der Waals surface area contributed by atoms with Crippen molar-refractivity contribution in [2.75, 3.05) is 13.7 Å². The third-order valence-corrected chi connectivity index (χ3v) is 3.11. The van der Waals surface area contributed by atoms with Crippen LogP contribution >= 0.6 is 0 Å². The van der Waals surface area contributed by atoms with E-state index in [0.717, 1.165) is 0 Å². The van der Waals surface area contributed by atoms with Gasteiger partial charge in [-0.2, -0.15) is 4.98 Å². The first-order chi connectivity index (χ1) is 8.65. The summed E-state index contributed by atoms with van der Waals surface area (Å²) in [5.41, 5.74) is -0.545. The Morgan fingerprint density at radius 2 is 2.39 bits per heavy atom. The SMILES string of the molecule is COc1cn2c(nc1=O)O[C@H]1[C@H](O)[C@@H](CO)O[C@H]12. The monoisotopic (exact) mass is 256 g/mol. The lowest BCUT2D eigenvalue weighted by Gasteiger charge is -2.14. The zero-order valence-corrected chi connectivity index (χ0v) is 9.52. The fraction of sp³-hybridized carbons (Fsp3) is 0.600. The fourth-order valence-electron chi connectivity index (χ4n) is 2.19. The quantitative estimate of drug-likeness (QED) is 0.647. The zero-order chi connectivity index (χ0) is 12.9. The molecule has 0 radical (unpaired) electrons. The van der Waals surface area contributed by atoms with E-state index in [1.807, 2.05) is 0 Å². The van der Waals surface area contributed by atoms with E-state index in [2.05, 4.69) is 4.98 Å². The first kappa shape index (κ1) is 11.5. The normalized spacial score (nSPS) is 32.8. The number of fused-ring (bicyclic) bond motifs is 3. The maximum atomic E-state index is 11.5. The van der Waals surface area contributed by atoms with Crippen LogP contribution in [-0.4, -0.2) is 51.8 Å². The molecule has 2 aliphatic rings. The van der Waals surface area contributed by atoms with E-state index in [1.165, 1.54) is 17.9 Å². The van der Waals surface area contributed by atoms with Crippen molar-refractivity contribution in [1.82, 2.24) is 9.55 Å². The van der Waals surface area contributed by atoms with Gasteiger partial charge in [-0.15, -0.1) is 0 Å². The number of ether oxygens (including phenoxy) is 3. The molecule has 0 spiro atoms. The van der Waals surface area contributed by atoms with E-state index in [4.69, 9.17) is 19.3 Å². The van der Waals surface area contributed by atoms with Crippen LogP contribution in [0.15, 0.2) is 11.0 Å². The second kappa shape index (κ2) is 3.94. The van der Waals surface area contributed by atoms with Crippen molar-refractivity contribution < 1.29 is 24.4 Å². The summed E-state index contributed by atoms with van der Waals surface area (Å²) in [6, 6.07) is 0.0752. The third kappa shape index (κ3) is 1.43. The smallest absolute Gasteiger partial charge is 0.318 e. The second-order valence-corrected chi connectivity index (χ2v) is 4.13. The molecule has 98 valence electrons. The molecule has 0 aromatic carbocycles. The molecule has 1 aromatic heterocycles. The minimum atomic E-state index is -0.970. The minimum absolute atomic E-state index is 0.0635. The molecular weight excluding hydrogens is 244 g/mol. The van der Waals surface area contributed by atoms with Gasteiger partial charge >= 0.3 is 11.6 Å². The highest BCUT2D eigenvalue weighted by Crippen LogP contribution is 2.39. The number of hydrogen-bond donors (Lipinski definition) is 2. The molecule has 1 saturated heterocycles. The fourth-order valence-corrected chi connectivity index (χ4v) is 2.19. The molecule has 2 aliphatic heterocycles. The summed E-state index contributed by atoms with van der Waals surface area (Å²) >= 11 is 0. The topological polar surface area (TPSA) is 103 Å². The van der Waals surface area contributed by atoms with Crippen molar-refractivity contribution in [3.8, 4) is 11.8 Å². The molecule has 1 aromatic rings. The Kier molecular flexibility index (Phi) is 2.51. The number of aromatic nitrogens is 2. The van der Waals surface area contributed by atoms with E-state index in [1.54, 1.807) is 0 Å². The van der Waals surface area contributed by atoms with Gasteiger partial charge in [0.2, 0.25) is 5.75 Å². The van der Waals surface area contributed by atoms with Crippen LogP contribution in [0.1, 0.15) is 6.23 Å². The highest BCUT2D eigenvalue weighted by molar-refractivity contribution is 5.20. The molecule has 18 heavy (non-hydrogen) atoms. The Bertz CT molecular complexity index is 530. The summed E-state index contributed by atoms with van der Waals surface area (Å²) in [4.78, 5) is 15.2. The molecule has 8 heteroatoms. The van der Waals surface area contributed by atoms with Crippen LogP contribution in [0.3, 0.4) is 0 Å². The van der Waals surface area contributed by atoms with E-state index >= 15 is 0 Å². The predicted octanol–water partition coefficient (Wildman–Crippen LogP) is -1.74. The van der Waals surface area contributed by atoms with Crippen LogP contribution in [0.5, 0.6) is 11.8 Å². The maximum Gasteiger partial charge on any atom is 0.318 e. The lowest BCUT2D eigenvalue weighted by Crippen LogP contribution is -2.34. The highest BCUT2D eigenvalue weighted by Gasteiger charge is 2.51. The molecular formula is C10H12N2O6. The molecule has 1 fully saturated rings. The molecule has 0 unspecified atom stereocenters. The number of aliphatic hydroxyl groups excluding tert-OH is 2. The van der Waals surface area contributed by atoms with Crippen molar-refractivity contribution in [3.63, 3.8) is 0 Å². The van der Waals surface area contributed by atoms with Gasteiger partial charge in [0.25, 0.3) is 0 Å². The largest absolute Gasteiger partial charge is 0.490 e. The molecule has 8 nitrogen and oxygen atoms in total. The number of hydrogen-bond acceptors (Lipinski definition) is 7. The average Bonchev–Trinajstić information content (AvgIpc) is 2.85. The average molecular weight is 256 g/mol. The Hall–Kier alpha value is -1.64. The Labute approximate surface area is 101 Å². The van der Waals surface area contributed by atoms with Gasteiger partial charge in [-0.1, -0.05) is 0 Å². The Balaban J connectivity index is 2.01. The summed E-state index contributed by atoms with van der Waals surface area (Å²) in [5.74, 6) is 0.0635. The molecule has 0 aliphatic carbocycles. The van der Waals surface area contributed by atoms with Crippen molar-refractivity contribution in [1.29, 1.82) is 0 Å². The lowest BCUT2D eigenvalue weighted by molar-refractivity contribution is -0.0436. The molecule has 2 N–H and O–H groups in total. The van der Waals surface area contributed by atoms with Crippen molar-refractivity contribution in [2.45, 2.75) is 24.5 Å². The van der Waals surface area contributed by atoms with E-state index in [0.29, 0.717) is 0 Å². The van der Waals surface area contributed by atoms with Gasteiger partial charge in [-0.3, -0.25) is 9.36 Å². The summed E-state index contributed by atoms with van der Waals surface area (Å²) in [6.45, 7) is -0.308. The van der Waals surface area contributed by atoms with Gasteiger partial charge < -0.3 is 24.4 Å². The standard InChI is InChI=1S/C10H12N2O6/c1-16-4-2-12-9-7(6(14)5(3-13)17-9)18-10(12)11-8(4)15/h2,5-7,9,13-14H,3H2,1H3/t5-,6-,7+,9-/m1/s1. The minimum Gasteiger partial charge on any atom is -0.490 e. The van der Waals surface area contributed by atoms with E-state index < -0.39 is 30.1 Å². The van der Waals surface area contributed by atoms with Gasteiger partial charge in [-0.05, 0) is 0 Å². The van der Waals surface area contributed by atoms with Gasteiger partial charge in [0.05, 0.1) is 19.9 Å². The van der Waals surface area contributed by atoms with E-state index in [9.17, 15) is 9.90 Å². The van der Waals surface area contributed by atoms with Crippen molar-refractivity contribution in [3.05, 3.63) is 16.6 Å². The highest BCUT2D eigenvalue weighted by atomic mass is 16.6. The van der Waals surface area contributed by atoms with Crippen LogP contribution in [0.4, 0.5) is 0 Å². The van der Waals surface area contributed by atoms with E-state index in [-0.39, 0.29) is 18.4 Å². The molecule has 3 rings (SSSR count). The first-order valence-electron chi connectivity index (χ1n) is 5.44. The molecule has 0 amide bonds. The molecule has 0 bridgehead atoms. The summed E-state index contributed by atoms with van der Waals surface area (Å²) in [7, 11) is 1.36. The maximum absolute atomic E-state index is 11.5. The van der Waals surface area contributed by atoms with Crippen LogP contribution in [-0.2, 0) is 4.74 Å². The number of methoxy groups -OCH3 is 1. The van der Waals surface area contributed by atoms with Gasteiger partial charge in [0.15, 0.2) is 12.3 Å². The number of nitrogens with zero attached hydrogens (tertiary/aromatic N) is 2. The number of rotatable bonds is 2. The zero-order valence-electron chi connectivity index (χ0n) is 9.52. The lowest BCUT2D eigenvalue weighted by atomic mass is 10.1. The molecule has 3 heterocycles.